The smallest absolute Gasteiger partial charge is 0.341 e. The molecule has 0 fully saturated rings. The van der Waals surface area contributed by atoms with Crippen LogP contribution >= 0.6 is 0 Å². The highest BCUT2D eigenvalue weighted by Crippen LogP contribution is 2.19. The van der Waals surface area contributed by atoms with Crippen LogP contribution in [-0.4, -0.2) is 30.8 Å². The van der Waals surface area contributed by atoms with E-state index in [2.05, 4.69) is 4.74 Å². The molecule has 0 atom stereocenters. The third-order valence-electron chi connectivity index (χ3n) is 2.06. The zero-order valence-corrected chi connectivity index (χ0v) is 9.51. The fourth-order valence-electron chi connectivity index (χ4n) is 1.23. The first-order valence-electron chi connectivity index (χ1n) is 5.18. The number of aliphatic hydroxyl groups is 1. The summed E-state index contributed by atoms with van der Waals surface area (Å²) in [5.74, 6) is -0.881. The summed E-state index contributed by atoms with van der Waals surface area (Å²) < 4.78 is 9.59. The van der Waals surface area contributed by atoms with Gasteiger partial charge < -0.3 is 14.6 Å². The molecular weight excluding hydrogens is 224 g/mol. The van der Waals surface area contributed by atoms with E-state index < -0.39 is 11.9 Å². The van der Waals surface area contributed by atoms with Crippen molar-refractivity contribution in [3.63, 3.8) is 0 Å². The minimum atomic E-state index is -0.560. The third-order valence-corrected chi connectivity index (χ3v) is 2.06. The minimum Gasteiger partial charge on any atom is -0.465 e. The molecule has 1 rings (SSSR count). The molecule has 0 radical (unpaired) electrons. The molecule has 0 unspecified atom stereocenters. The summed E-state index contributed by atoms with van der Waals surface area (Å²) in [5, 5.41) is 8.58. The SMILES string of the molecule is COC(=O)c1ccccc1OC(=O)CCCO. The number of benzene rings is 1. The average molecular weight is 238 g/mol. The van der Waals surface area contributed by atoms with Crippen molar-refractivity contribution in [2.45, 2.75) is 12.8 Å². The Kier molecular flexibility index (Phi) is 5.16. The van der Waals surface area contributed by atoms with E-state index in [1.54, 1.807) is 12.1 Å². The molecule has 0 amide bonds. The average Bonchev–Trinajstić information content (AvgIpc) is 2.36. The quantitative estimate of drug-likeness (QED) is 0.615. The van der Waals surface area contributed by atoms with E-state index in [0.29, 0.717) is 6.42 Å². The molecule has 1 N–H and O–H groups in total. The summed E-state index contributed by atoms with van der Waals surface area (Å²) in [6.45, 7) is -0.0756. The molecule has 0 heterocycles. The molecule has 0 aromatic heterocycles. The van der Waals surface area contributed by atoms with E-state index in [9.17, 15) is 9.59 Å². The number of esters is 2. The fraction of sp³-hybridized carbons (Fsp3) is 0.333. The number of carbonyl (C=O) groups is 2. The Morgan fingerprint density at radius 3 is 2.65 bits per heavy atom. The summed E-state index contributed by atoms with van der Waals surface area (Å²) in [5.41, 5.74) is 0.201. The second-order valence-corrected chi connectivity index (χ2v) is 3.29. The van der Waals surface area contributed by atoms with Crippen LogP contribution in [0.15, 0.2) is 24.3 Å². The lowest BCUT2D eigenvalue weighted by molar-refractivity contribution is -0.134. The maximum absolute atomic E-state index is 11.4. The van der Waals surface area contributed by atoms with Gasteiger partial charge in [-0.25, -0.2) is 4.79 Å². The van der Waals surface area contributed by atoms with Gasteiger partial charge in [0.2, 0.25) is 0 Å². The van der Waals surface area contributed by atoms with Gasteiger partial charge in [0.15, 0.2) is 0 Å². The molecule has 0 aliphatic heterocycles. The Bertz CT molecular complexity index is 400. The Balaban J connectivity index is 2.76. The number of hydrogen-bond acceptors (Lipinski definition) is 5. The van der Waals surface area contributed by atoms with Crippen molar-refractivity contribution < 1.29 is 24.2 Å². The van der Waals surface area contributed by atoms with Crippen LogP contribution in [-0.2, 0) is 9.53 Å². The highest BCUT2D eigenvalue weighted by molar-refractivity contribution is 5.93. The van der Waals surface area contributed by atoms with Crippen LogP contribution in [0.25, 0.3) is 0 Å². The highest BCUT2D eigenvalue weighted by atomic mass is 16.5. The number of aliphatic hydroxyl groups excluding tert-OH is 1. The summed E-state index contributed by atoms with van der Waals surface area (Å²) >= 11 is 0. The molecule has 0 spiro atoms. The van der Waals surface area contributed by atoms with E-state index in [-0.39, 0.29) is 24.3 Å². The van der Waals surface area contributed by atoms with Crippen LogP contribution in [0.2, 0.25) is 0 Å². The van der Waals surface area contributed by atoms with Crippen LogP contribution in [0, 0.1) is 0 Å². The Labute approximate surface area is 99.0 Å². The lowest BCUT2D eigenvalue weighted by atomic mass is 10.2. The highest BCUT2D eigenvalue weighted by Gasteiger charge is 2.14. The largest absolute Gasteiger partial charge is 0.465 e. The van der Waals surface area contributed by atoms with Crippen LogP contribution < -0.4 is 4.74 Å². The van der Waals surface area contributed by atoms with E-state index in [1.165, 1.54) is 19.2 Å². The minimum absolute atomic E-state index is 0.0756. The van der Waals surface area contributed by atoms with Gasteiger partial charge in [-0.15, -0.1) is 0 Å². The lowest BCUT2D eigenvalue weighted by Crippen LogP contribution is -2.12. The standard InChI is InChI=1S/C12H14O5/c1-16-12(15)9-5-2-3-6-10(9)17-11(14)7-4-8-13/h2-3,5-6,13H,4,7-8H2,1H3. The van der Waals surface area contributed by atoms with Gasteiger partial charge in [0, 0.05) is 13.0 Å². The molecule has 0 saturated carbocycles. The van der Waals surface area contributed by atoms with Crippen molar-refractivity contribution in [1.29, 1.82) is 0 Å². The summed E-state index contributed by atoms with van der Waals surface area (Å²) in [6.07, 6.45) is 0.436. The van der Waals surface area contributed by atoms with Crippen molar-refractivity contribution in [3.05, 3.63) is 29.8 Å². The first kappa shape index (κ1) is 13.2. The normalized spacial score (nSPS) is 9.76. The van der Waals surface area contributed by atoms with Crippen molar-refractivity contribution in [2.24, 2.45) is 0 Å². The van der Waals surface area contributed by atoms with Crippen LogP contribution in [0.3, 0.4) is 0 Å². The summed E-state index contributed by atoms with van der Waals surface area (Å²) in [4.78, 5) is 22.7. The van der Waals surface area contributed by atoms with Gasteiger partial charge in [-0.1, -0.05) is 12.1 Å². The van der Waals surface area contributed by atoms with Crippen LogP contribution in [0.4, 0.5) is 0 Å². The fourth-order valence-corrected chi connectivity index (χ4v) is 1.23. The second kappa shape index (κ2) is 6.65. The Morgan fingerprint density at radius 1 is 1.29 bits per heavy atom. The molecule has 1 aromatic carbocycles. The maximum atomic E-state index is 11.4. The van der Waals surface area contributed by atoms with E-state index in [0.717, 1.165) is 0 Å². The monoisotopic (exact) mass is 238 g/mol. The van der Waals surface area contributed by atoms with Gasteiger partial charge in [0.25, 0.3) is 0 Å². The second-order valence-electron chi connectivity index (χ2n) is 3.29. The molecule has 17 heavy (non-hydrogen) atoms. The Hall–Kier alpha value is -1.88. The zero-order valence-electron chi connectivity index (χ0n) is 9.51. The first-order valence-corrected chi connectivity index (χ1v) is 5.18. The number of carbonyl (C=O) groups excluding carboxylic acids is 2. The number of ether oxygens (including phenoxy) is 2. The van der Waals surface area contributed by atoms with Crippen LogP contribution in [0.5, 0.6) is 5.75 Å². The predicted molar refractivity (Wildman–Crippen MR) is 59.7 cm³/mol. The van der Waals surface area contributed by atoms with E-state index in [1.807, 2.05) is 0 Å². The molecule has 5 heteroatoms. The van der Waals surface area contributed by atoms with E-state index >= 15 is 0 Å². The molecule has 1 aromatic rings. The van der Waals surface area contributed by atoms with Crippen molar-refractivity contribution >= 4 is 11.9 Å². The molecule has 0 aliphatic carbocycles. The topological polar surface area (TPSA) is 72.8 Å². The van der Waals surface area contributed by atoms with Gasteiger partial charge >= 0.3 is 11.9 Å². The van der Waals surface area contributed by atoms with E-state index in [4.69, 9.17) is 9.84 Å². The molecule has 0 bridgehead atoms. The number of para-hydroxylation sites is 1. The number of rotatable bonds is 5. The lowest BCUT2D eigenvalue weighted by Gasteiger charge is -2.07. The third kappa shape index (κ3) is 3.88. The summed E-state index contributed by atoms with van der Waals surface area (Å²) in [7, 11) is 1.26. The van der Waals surface area contributed by atoms with Gasteiger partial charge in [0.1, 0.15) is 11.3 Å². The predicted octanol–water partition coefficient (Wildman–Crippen LogP) is 1.15. The maximum Gasteiger partial charge on any atom is 0.341 e. The van der Waals surface area contributed by atoms with Gasteiger partial charge in [-0.05, 0) is 18.6 Å². The van der Waals surface area contributed by atoms with Crippen LogP contribution in [0.1, 0.15) is 23.2 Å². The summed E-state index contributed by atoms with van der Waals surface area (Å²) in [6, 6.07) is 6.34. The van der Waals surface area contributed by atoms with Gasteiger partial charge in [-0.2, -0.15) is 0 Å². The molecule has 92 valence electrons. The van der Waals surface area contributed by atoms with Crippen molar-refractivity contribution in [2.75, 3.05) is 13.7 Å². The zero-order chi connectivity index (χ0) is 12.7. The molecule has 5 nitrogen and oxygen atoms in total. The molecular formula is C12H14O5. The van der Waals surface area contributed by atoms with Crippen molar-refractivity contribution in [3.8, 4) is 5.75 Å². The van der Waals surface area contributed by atoms with Gasteiger partial charge in [0.05, 0.1) is 7.11 Å². The number of hydrogen-bond donors (Lipinski definition) is 1. The molecule has 0 aliphatic rings. The number of methoxy groups -OCH3 is 1. The molecule has 0 saturated heterocycles. The van der Waals surface area contributed by atoms with Gasteiger partial charge in [-0.3, -0.25) is 4.79 Å². The Morgan fingerprint density at radius 2 is 2.00 bits per heavy atom. The van der Waals surface area contributed by atoms with Crippen molar-refractivity contribution in [1.82, 2.24) is 0 Å². The first-order chi connectivity index (χ1) is 8.19.